The molecule has 1 fully saturated rings. The summed E-state index contributed by atoms with van der Waals surface area (Å²) in [5.74, 6) is 0.764. The van der Waals surface area contributed by atoms with Crippen molar-refractivity contribution in [1.82, 2.24) is 9.88 Å². The Hall–Kier alpha value is -2.05. The lowest BCUT2D eigenvalue weighted by atomic mass is 10.2. The Labute approximate surface area is 147 Å². The van der Waals surface area contributed by atoms with Crippen LogP contribution in [0.4, 0.5) is 11.5 Å². The summed E-state index contributed by atoms with van der Waals surface area (Å²) in [7, 11) is 2.12. The molecule has 0 saturated carbocycles. The van der Waals surface area contributed by atoms with Crippen LogP contribution in [-0.2, 0) is 0 Å². The Balaban J connectivity index is 1.72. The molecular weight excluding hydrogens is 320 g/mol. The summed E-state index contributed by atoms with van der Waals surface area (Å²) in [5, 5.41) is 2.96. The summed E-state index contributed by atoms with van der Waals surface area (Å²) in [6, 6.07) is 11.5. The summed E-state index contributed by atoms with van der Waals surface area (Å²) in [4.78, 5) is 22.6. The molecule has 2 aromatic rings. The van der Waals surface area contributed by atoms with Gasteiger partial charge in [-0.1, -0.05) is 6.07 Å². The molecule has 0 spiro atoms. The number of nitrogens with one attached hydrogen (secondary N) is 1. The number of thioether (sulfide) groups is 1. The second-order valence-electron chi connectivity index (χ2n) is 5.88. The molecule has 0 bridgehead atoms. The Morgan fingerprint density at radius 2 is 1.96 bits per heavy atom. The monoisotopic (exact) mass is 342 g/mol. The Bertz CT molecular complexity index is 714. The van der Waals surface area contributed by atoms with E-state index in [9.17, 15) is 4.79 Å². The fourth-order valence-electron chi connectivity index (χ4n) is 2.67. The van der Waals surface area contributed by atoms with E-state index in [2.05, 4.69) is 27.1 Å². The van der Waals surface area contributed by atoms with Gasteiger partial charge in [-0.3, -0.25) is 4.79 Å². The lowest BCUT2D eigenvalue weighted by Crippen LogP contribution is -2.44. The molecule has 5 nitrogen and oxygen atoms in total. The molecule has 6 heteroatoms. The number of hydrogen-bond acceptors (Lipinski definition) is 5. The van der Waals surface area contributed by atoms with Gasteiger partial charge >= 0.3 is 0 Å². The quantitative estimate of drug-likeness (QED) is 0.866. The Morgan fingerprint density at radius 3 is 2.71 bits per heavy atom. The lowest BCUT2D eigenvalue weighted by Gasteiger charge is -2.33. The van der Waals surface area contributed by atoms with Crippen LogP contribution >= 0.6 is 11.8 Å². The molecule has 2 heterocycles. The summed E-state index contributed by atoms with van der Waals surface area (Å²) >= 11 is 1.66. The third-order valence-corrected chi connectivity index (χ3v) is 4.89. The number of nitrogens with zero attached hydrogens (tertiary/aromatic N) is 3. The fraction of sp³-hybridized carbons (Fsp3) is 0.333. The van der Waals surface area contributed by atoms with Crippen molar-refractivity contribution >= 4 is 29.2 Å². The molecule has 1 N–H and O–H groups in total. The number of carbonyl (C=O) groups excluding carboxylic acids is 1. The van der Waals surface area contributed by atoms with E-state index in [0.29, 0.717) is 5.56 Å². The normalized spacial score (nSPS) is 15.3. The summed E-state index contributed by atoms with van der Waals surface area (Å²) in [6.07, 6.45) is 3.73. The first-order chi connectivity index (χ1) is 11.7. The maximum absolute atomic E-state index is 12.5. The van der Waals surface area contributed by atoms with Gasteiger partial charge in [-0.05, 0) is 43.6 Å². The highest BCUT2D eigenvalue weighted by atomic mass is 32.2. The van der Waals surface area contributed by atoms with Crippen molar-refractivity contribution in [3.8, 4) is 0 Å². The number of carbonyl (C=O) groups is 1. The predicted molar refractivity (Wildman–Crippen MR) is 100 cm³/mol. The van der Waals surface area contributed by atoms with E-state index in [-0.39, 0.29) is 5.91 Å². The third-order valence-electron chi connectivity index (χ3n) is 4.16. The van der Waals surface area contributed by atoms with E-state index in [1.165, 1.54) is 0 Å². The van der Waals surface area contributed by atoms with Gasteiger partial charge in [0.1, 0.15) is 5.82 Å². The number of piperazine rings is 1. The van der Waals surface area contributed by atoms with Gasteiger partial charge in [0.05, 0.1) is 0 Å². The van der Waals surface area contributed by atoms with E-state index in [1.54, 1.807) is 24.0 Å². The number of likely N-dealkylation sites (N-methyl/N-ethyl adjacent to an activating group) is 1. The van der Waals surface area contributed by atoms with Crippen LogP contribution in [0.25, 0.3) is 0 Å². The average Bonchev–Trinajstić information content (AvgIpc) is 2.62. The standard InChI is InChI=1S/C18H22N4OS/c1-21-8-10-22(11-9-21)17-12-14(6-7-19-17)18(23)20-15-4-3-5-16(13-15)24-2/h3-7,12-13H,8-11H2,1-2H3,(H,20,23). The number of pyridine rings is 1. The minimum atomic E-state index is -0.106. The van der Waals surface area contributed by atoms with E-state index in [0.717, 1.165) is 42.6 Å². The van der Waals surface area contributed by atoms with Gasteiger partial charge in [0.2, 0.25) is 0 Å². The highest BCUT2D eigenvalue weighted by Crippen LogP contribution is 2.20. The van der Waals surface area contributed by atoms with Crippen molar-refractivity contribution in [2.45, 2.75) is 4.90 Å². The minimum Gasteiger partial charge on any atom is -0.354 e. The average molecular weight is 342 g/mol. The zero-order valence-corrected chi connectivity index (χ0v) is 14.8. The van der Waals surface area contributed by atoms with Crippen LogP contribution in [0.5, 0.6) is 0 Å². The van der Waals surface area contributed by atoms with Crippen LogP contribution in [0.2, 0.25) is 0 Å². The molecule has 1 amide bonds. The topological polar surface area (TPSA) is 48.5 Å². The molecule has 1 saturated heterocycles. The van der Waals surface area contributed by atoms with Crippen molar-refractivity contribution < 1.29 is 4.79 Å². The number of hydrogen-bond donors (Lipinski definition) is 1. The second kappa shape index (κ2) is 7.68. The largest absolute Gasteiger partial charge is 0.354 e. The second-order valence-corrected chi connectivity index (χ2v) is 6.76. The van der Waals surface area contributed by atoms with Crippen molar-refractivity contribution in [3.05, 3.63) is 48.2 Å². The number of anilines is 2. The molecule has 1 aromatic heterocycles. The summed E-state index contributed by atoms with van der Waals surface area (Å²) in [5.41, 5.74) is 1.44. The molecule has 1 aliphatic rings. The number of aromatic nitrogens is 1. The molecule has 0 unspecified atom stereocenters. The van der Waals surface area contributed by atoms with Crippen LogP contribution in [0.15, 0.2) is 47.5 Å². The van der Waals surface area contributed by atoms with Crippen LogP contribution < -0.4 is 10.2 Å². The lowest BCUT2D eigenvalue weighted by molar-refractivity contribution is 0.102. The first kappa shape index (κ1) is 16.8. The van der Waals surface area contributed by atoms with Gasteiger partial charge in [0.15, 0.2) is 0 Å². The molecule has 3 rings (SSSR count). The van der Waals surface area contributed by atoms with Crippen molar-refractivity contribution in [1.29, 1.82) is 0 Å². The maximum atomic E-state index is 12.5. The SMILES string of the molecule is CSc1cccc(NC(=O)c2ccnc(N3CCN(C)CC3)c2)c1. The molecular formula is C18H22N4OS. The molecule has 0 radical (unpaired) electrons. The Morgan fingerprint density at radius 1 is 1.17 bits per heavy atom. The number of benzene rings is 1. The molecule has 0 aliphatic carbocycles. The highest BCUT2D eigenvalue weighted by molar-refractivity contribution is 7.98. The fourth-order valence-corrected chi connectivity index (χ4v) is 3.13. The van der Waals surface area contributed by atoms with Gasteiger partial charge in [-0.25, -0.2) is 4.98 Å². The van der Waals surface area contributed by atoms with Crippen LogP contribution in [0, 0.1) is 0 Å². The number of rotatable bonds is 4. The van der Waals surface area contributed by atoms with Crippen LogP contribution in [-0.4, -0.2) is 55.3 Å². The molecule has 1 aliphatic heterocycles. The summed E-state index contributed by atoms with van der Waals surface area (Å²) < 4.78 is 0. The van der Waals surface area contributed by atoms with E-state index < -0.39 is 0 Å². The van der Waals surface area contributed by atoms with E-state index in [1.807, 2.05) is 36.6 Å². The minimum absolute atomic E-state index is 0.106. The summed E-state index contributed by atoms with van der Waals surface area (Å²) in [6.45, 7) is 3.90. The van der Waals surface area contributed by atoms with Crippen molar-refractivity contribution in [3.63, 3.8) is 0 Å². The Kier molecular flexibility index (Phi) is 5.37. The predicted octanol–water partition coefficient (Wildman–Crippen LogP) is 2.81. The number of amides is 1. The van der Waals surface area contributed by atoms with Gasteiger partial charge in [-0.15, -0.1) is 11.8 Å². The van der Waals surface area contributed by atoms with Crippen molar-refractivity contribution in [2.24, 2.45) is 0 Å². The molecule has 24 heavy (non-hydrogen) atoms. The van der Waals surface area contributed by atoms with E-state index in [4.69, 9.17) is 0 Å². The van der Waals surface area contributed by atoms with Gasteiger partial charge in [0.25, 0.3) is 5.91 Å². The van der Waals surface area contributed by atoms with Crippen LogP contribution in [0.3, 0.4) is 0 Å². The van der Waals surface area contributed by atoms with E-state index >= 15 is 0 Å². The third kappa shape index (κ3) is 4.07. The van der Waals surface area contributed by atoms with Gasteiger partial charge < -0.3 is 15.1 Å². The highest BCUT2D eigenvalue weighted by Gasteiger charge is 2.16. The zero-order valence-electron chi connectivity index (χ0n) is 14.0. The van der Waals surface area contributed by atoms with Crippen LogP contribution in [0.1, 0.15) is 10.4 Å². The zero-order chi connectivity index (χ0) is 16.9. The molecule has 126 valence electrons. The van der Waals surface area contributed by atoms with Gasteiger partial charge in [-0.2, -0.15) is 0 Å². The first-order valence-corrected chi connectivity index (χ1v) is 9.23. The maximum Gasteiger partial charge on any atom is 0.255 e. The first-order valence-electron chi connectivity index (χ1n) is 8.00. The molecule has 1 aromatic carbocycles. The van der Waals surface area contributed by atoms with Crippen molar-refractivity contribution in [2.75, 3.05) is 49.7 Å². The molecule has 0 atom stereocenters. The smallest absolute Gasteiger partial charge is 0.255 e. The van der Waals surface area contributed by atoms with Gasteiger partial charge in [0, 0.05) is 48.5 Å².